The molecular formula is C24H33BO2Si. The van der Waals surface area contributed by atoms with Gasteiger partial charge in [-0.15, -0.1) is 0 Å². The highest BCUT2D eigenvalue weighted by Crippen LogP contribution is 2.40. The highest BCUT2D eigenvalue weighted by Gasteiger charge is 2.52. The third-order valence-corrected chi connectivity index (χ3v) is 9.70. The Balaban J connectivity index is 1.85. The number of hydrogen-bond acceptors (Lipinski definition) is 2. The lowest BCUT2D eigenvalue weighted by Gasteiger charge is -2.32. The first-order chi connectivity index (χ1) is 13.1. The van der Waals surface area contributed by atoms with Crippen molar-refractivity contribution in [2.24, 2.45) is 0 Å². The highest BCUT2D eigenvalue weighted by atomic mass is 28.3. The maximum absolute atomic E-state index is 6.39. The van der Waals surface area contributed by atoms with Crippen LogP contribution in [0.4, 0.5) is 0 Å². The first-order valence-corrected chi connectivity index (χ1v) is 13.5. The average molecular weight is 392 g/mol. The van der Waals surface area contributed by atoms with Crippen LogP contribution in [0.2, 0.25) is 19.1 Å². The molecule has 2 aromatic rings. The van der Waals surface area contributed by atoms with Gasteiger partial charge >= 0.3 is 7.12 Å². The van der Waals surface area contributed by atoms with Crippen molar-refractivity contribution in [3.63, 3.8) is 0 Å². The van der Waals surface area contributed by atoms with Crippen LogP contribution in [0.3, 0.4) is 0 Å². The minimum atomic E-state index is -1.53. The van der Waals surface area contributed by atoms with E-state index in [4.69, 9.17) is 9.31 Å². The molecule has 148 valence electrons. The van der Waals surface area contributed by atoms with Crippen LogP contribution in [0.25, 0.3) is 6.08 Å². The minimum absolute atomic E-state index is 0.286. The molecule has 0 unspecified atom stereocenters. The summed E-state index contributed by atoms with van der Waals surface area (Å²) in [5, 5.41) is 1.50. The van der Waals surface area contributed by atoms with E-state index in [1.165, 1.54) is 22.3 Å². The van der Waals surface area contributed by atoms with E-state index in [0.717, 1.165) is 6.42 Å². The lowest BCUT2D eigenvalue weighted by atomic mass is 9.75. The molecule has 1 saturated heterocycles. The van der Waals surface area contributed by atoms with E-state index in [0.29, 0.717) is 0 Å². The fraction of sp³-hybridized carbons (Fsp3) is 0.417. The molecular weight excluding hydrogens is 359 g/mol. The Kier molecular flexibility index (Phi) is 6.04. The van der Waals surface area contributed by atoms with Gasteiger partial charge in [-0.25, -0.2) is 0 Å². The van der Waals surface area contributed by atoms with E-state index < -0.39 is 8.07 Å². The summed E-state index contributed by atoms with van der Waals surface area (Å²) in [4.78, 5) is 0. The summed E-state index contributed by atoms with van der Waals surface area (Å²) in [6.07, 6.45) is 3.25. The molecule has 1 aliphatic heterocycles. The van der Waals surface area contributed by atoms with Gasteiger partial charge < -0.3 is 9.31 Å². The molecule has 0 amide bonds. The van der Waals surface area contributed by atoms with Crippen molar-refractivity contribution in [3.8, 4) is 0 Å². The minimum Gasteiger partial charge on any atom is -0.400 e. The molecule has 3 rings (SSSR count). The van der Waals surface area contributed by atoms with E-state index >= 15 is 0 Å². The van der Waals surface area contributed by atoms with Crippen LogP contribution in [0.1, 0.15) is 39.7 Å². The maximum atomic E-state index is 6.39. The van der Waals surface area contributed by atoms with Crippen molar-refractivity contribution in [1.82, 2.24) is 0 Å². The van der Waals surface area contributed by atoms with Crippen LogP contribution in [0.5, 0.6) is 0 Å². The Morgan fingerprint density at radius 2 is 1.36 bits per heavy atom. The molecule has 2 aromatic carbocycles. The first kappa shape index (κ1) is 21.1. The van der Waals surface area contributed by atoms with Crippen LogP contribution >= 0.6 is 0 Å². The lowest BCUT2D eigenvalue weighted by molar-refractivity contribution is 0.00578. The maximum Gasteiger partial charge on any atom is 0.490 e. The van der Waals surface area contributed by atoms with Crippen molar-refractivity contribution in [2.45, 2.75) is 64.5 Å². The SMILES string of the molecule is CC1(C)OB(/C(=C\c2ccccc2)CC[Si](C)(C)c2ccccc2)OC1(C)C. The van der Waals surface area contributed by atoms with Gasteiger partial charge in [0, 0.05) is 0 Å². The third-order valence-electron chi connectivity index (χ3n) is 6.30. The van der Waals surface area contributed by atoms with Crippen molar-refractivity contribution in [1.29, 1.82) is 0 Å². The van der Waals surface area contributed by atoms with Crippen molar-refractivity contribution >= 4 is 26.5 Å². The third kappa shape index (κ3) is 4.68. The van der Waals surface area contributed by atoms with Crippen LogP contribution in [0, 0.1) is 0 Å². The molecule has 4 heteroatoms. The Morgan fingerprint density at radius 1 is 0.857 bits per heavy atom. The molecule has 2 nitrogen and oxygen atoms in total. The van der Waals surface area contributed by atoms with Gasteiger partial charge in [-0.05, 0) is 45.2 Å². The molecule has 28 heavy (non-hydrogen) atoms. The molecule has 0 N–H and O–H groups in total. The Labute approximate surface area is 172 Å². The Bertz CT molecular complexity index is 797. The summed E-state index contributed by atoms with van der Waals surface area (Å²) in [6.45, 7) is 13.4. The second-order valence-electron chi connectivity index (χ2n) is 9.47. The normalized spacial score (nSPS) is 19.1. The molecule has 0 saturated carbocycles. The quantitative estimate of drug-likeness (QED) is 0.587. The van der Waals surface area contributed by atoms with Crippen molar-refractivity contribution in [2.75, 3.05) is 0 Å². The largest absolute Gasteiger partial charge is 0.490 e. The molecule has 1 heterocycles. The average Bonchev–Trinajstić information content (AvgIpc) is 2.87. The van der Waals surface area contributed by atoms with E-state index in [9.17, 15) is 0 Å². The van der Waals surface area contributed by atoms with E-state index in [1.54, 1.807) is 0 Å². The van der Waals surface area contributed by atoms with E-state index in [2.05, 4.69) is 108 Å². The second kappa shape index (κ2) is 8.02. The fourth-order valence-corrected chi connectivity index (χ4v) is 5.80. The predicted octanol–water partition coefficient (Wildman–Crippen LogP) is 5.71. The van der Waals surface area contributed by atoms with Gasteiger partial charge in [0.05, 0.1) is 19.3 Å². The zero-order chi connectivity index (χ0) is 20.4. The second-order valence-corrected chi connectivity index (χ2v) is 14.3. The predicted molar refractivity (Wildman–Crippen MR) is 123 cm³/mol. The van der Waals surface area contributed by atoms with Gasteiger partial charge in [0.1, 0.15) is 0 Å². The summed E-state index contributed by atoms with van der Waals surface area (Å²) in [5.41, 5.74) is 1.80. The summed E-state index contributed by atoms with van der Waals surface area (Å²) >= 11 is 0. The van der Waals surface area contributed by atoms with Gasteiger partial charge in [0.2, 0.25) is 0 Å². The monoisotopic (exact) mass is 392 g/mol. The lowest BCUT2D eigenvalue weighted by Crippen LogP contribution is -2.41. The van der Waals surface area contributed by atoms with Crippen LogP contribution in [0.15, 0.2) is 66.1 Å². The topological polar surface area (TPSA) is 18.5 Å². The van der Waals surface area contributed by atoms with E-state index in [-0.39, 0.29) is 18.3 Å². The highest BCUT2D eigenvalue weighted by molar-refractivity contribution is 6.89. The molecule has 1 aliphatic rings. The zero-order valence-electron chi connectivity index (χ0n) is 18.2. The molecule has 0 spiro atoms. The zero-order valence-corrected chi connectivity index (χ0v) is 19.2. The first-order valence-electron chi connectivity index (χ1n) is 10.3. The molecule has 0 atom stereocenters. The van der Waals surface area contributed by atoms with Gasteiger partial charge in [-0.3, -0.25) is 0 Å². The molecule has 0 bridgehead atoms. The number of rotatable bonds is 6. The molecule has 0 aromatic heterocycles. The summed E-state index contributed by atoms with van der Waals surface area (Å²) < 4.78 is 12.8. The van der Waals surface area contributed by atoms with Crippen molar-refractivity contribution < 1.29 is 9.31 Å². The van der Waals surface area contributed by atoms with Crippen LogP contribution < -0.4 is 5.19 Å². The van der Waals surface area contributed by atoms with Gasteiger partial charge in [-0.2, -0.15) is 0 Å². The van der Waals surface area contributed by atoms with E-state index in [1.807, 2.05) is 0 Å². The fourth-order valence-electron chi connectivity index (χ4n) is 3.51. The summed E-state index contributed by atoms with van der Waals surface area (Å²) in [7, 11) is -1.82. The Morgan fingerprint density at radius 3 is 1.89 bits per heavy atom. The standard InChI is InChI=1S/C24H33BO2Si/c1-23(2)24(3,4)27-25(26-23)21(19-20-13-9-7-10-14-20)17-18-28(5,6)22-15-11-8-12-16-22/h7-16,19H,17-18H2,1-6H3/b21-19-. The number of benzene rings is 2. The van der Waals surface area contributed by atoms with Crippen molar-refractivity contribution in [3.05, 3.63) is 71.7 Å². The molecule has 0 radical (unpaired) electrons. The number of hydrogen-bond donors (Lipinski definition) is 0. The molecule has 0 aliphatic carbocycles. The van der Waals surface area contributed by atoms with Crippen LogP contribution in [-0.4, -0.2) is 26.4 Å². The van der Waals surface area contributed by atoms with Gasteiger partial charge in [-0.1, -0.05) is 91.1 Å². The Hall–Kier alpha value is -1.62. The van der Waals surface area contributed by atoms with Gasteiger partial charge in [0.15, 0.2) is 0 Å². The van der Waals surface area contributed by atoms with Crippen LogP contribution in [-0.2, 0) is 9.31 Å². The smallest absolute Gasteiger partial charge is 0.400 e. The summed E-state index contributed by atoms with van der Waals surface area (Å²) in [6, 6.07) is 22.6. The van der Waals surface area contributed by atoms with Gasteiger partial charge in [0.25, 0.3) is 0 Å². The molecule has 1 fully saturated rings. The number of allylic oxidation sites excluding steroid dienone is 1. The summed E-state index contributed by atoms with van der Waals surface area (Å²) in [5.74, 6) is 0.